The molecule has 3 N–H and O–H groups in total. The number of anilines is 2. The number of nitrogens with zero attached hydrogens (tertiary/aromatic N) is 3. The fourth-order valence-corrected chi connectivity index (χ4v) is 2.31. The lowest BCUT2D eigenvalue weighted by Crippen LogP contribution is -2.32. The Kier molecular flexibility index (Phi) is 3.37. The van der Waals surface area contributed by atoms with Gasteiger partial charge in [-0.05, 0) is 38.9 Å². The van der Waals surface area contributed by atoms with Gasteiger partial charge in [0.15, 0.2) is 0 Å². The quantitative estimate of drug-likeness (QED) is 0.802. The summed E-state index contributed by atoms with van der Waals surface area (Å²) in [6, 6.07) is 0. The molecule has 6 heteroatoms. The highest BCUT2D eigenvalue weighted by molar-refractivity contribution is 7.09. The van der Waals surface area contributed by atoms with Crippen molar-refractivity contribution >= 4 is 22.6 Å². The molecule has 0 spiro atoms. The molecule has 0 unspecified atom stereocenters. The number of hydrogen-bond donors (Lipinski definition) is 2. The lowest BCUT2D eigenvalue weighted by atomic mass is 9.97. The van der Waals surface area contributed by atoms with E-state index < -0.39 is 0 Å². The summed E-state index contributed by atoms with van der Waals surface area (Å²) >= 11 is 1.33. The molecular formula is C9H17N5S. The molecule has 1 fully saturated rings. The number of nitrogens with two attached hydrogens (primary N) is 1. The molecular weight excluding hydrogens is 210 g/mol. The summed E-state index contributed by atoms with van der Waals surface area (Å²) in [5.41, 5.74) is 5.45. The molecule has 0 aromatic carbocycles. The normalized spacial score (nSPS) is 19.3. The van der Waals surface area contributed by atoms with E-state index in [2.05, 4.69) is 26.6 Å². The molecule has 1 saturated heterocycles. The zero-order chi connectivity index (χ0) is 10.7. The van der Waals surface area contributed by atoms with Gasteiger partial charge in [-0.15, -0.1) is 0 Å². The molecule has 0 bridgehead atoms. The van der Waals surface area contributed by atoms with Gasteiger partial charge in [0.05, 0.1) is 0 Å². The van der Waals surface area contributed by atoms with Gasteiger partial charge in [-0.25, -0.2) is 0 Å². The standard InChI is InChI=1S/C9H17N5S/c1-14-4-2-7(3-5-14)6-11-9-12-8(10)13-15-9/h7H,2-6H2,1H3,(H3,10,11,12,13). The number of piperidine rings is 1. The first-order chi connectivity index (χ1) is 7.24. The Hall–Kier alpha value is -0.880. The Labute approximate surface area is 93.9 Å². The molecule has 1 aromatic rings. The Morgan fingerprint density at radius 3 is 2.87 bits per heavy atom. The number of nitrogens with one attached hydrogen (secondary N) is 1. The average Bonchev–Trinajstić information content (AvgIpc) is 2.64. The molecule has 1 aromatic heterocycles. The van der Waals surface area contributed by atoms with Crippen LogP contribution in [0, 0.1) is 5.92 Å². The predicted octanol–water partition coefficient (Wildman–Crippen LogP) is 0.874. The van der Waals surface area contributed by atoms with Crippen molar-refractivity contribution in [3.05, 3.63) is 0 Å². The average molecular weight is 227 g/mol. The molecule has 84 valence electrons. The van der Waals surface area contributed by atoms with Crippen molar-refractivity contribution < 1.29 is 0 Å². The minimum Gasteiger partial charge on any atom is -0.367 e. The van der Waals surface area contributed by atoms with E-state index in [1.165, 1.54) is 37.5 Å². The van der Waals surface area contributed by atoms with Crippen LogP contribution in [0.25, 0.3) is 0 Å². The van der Waals surface area contributed by atoms with Gasteiger partial charge in [-0.2, -0.15) is 9.36 Å². The highest BCUT2D eigenvalue weighted by Gasteiger charge is 2.16. The Morgan fingerprint density at radius 2 is 2.27 bits per heavy atom. The van der Waals surface area contributed by atoms with Gasteiger partial charge in [0.25, 0.3) is 0 Å². The summed E-state index contributed by atoms with van der Waals surface area (Å²) in [4.78, 5) is 6.45. The van der Waals surface area contributed by atoms with Crippen LogP contribution in [0.3, 0.4) is 0 Å². The van der Waals surface area contributed by atoms with Crippen LogP contribution in [0.1, 0.15) is 12.8 Å². The molecule has 5 nitrogen and oxygen atoms in total. The molecule has 2 rings (SSSR count). The van der Waals surface area contributed by atoms with Crippen LogP contribution < -0.4 is 11.1 Å². The van der Waals surface area contributed by atoms with E-state index >= 15 is 0 Å². The van der Waals surface area contributed by atoms with Crippen molar-refractivity contribution in [1.29, 1.82) is 0 Å². The zero-order valence-corrected chi connectivity index (χ0v) is 9.76. The van der Waals surface area contributed by atoms with Crippen molar-refractivity contribution in [2.24, 2.45) is 5.92 Å². The lowest BCUT2D eigenvalue weighted by molar-refractivity contribution is 0.226. The zero-order valence-electron chi connectivity index (χ0n) is 8.94. The first kappa shape index (κ1) is 10.6. The predicted molar refractivity (Wildman–Crippen MR) is 63.0 cm³/mol. The van der Waals surface area contributed by atoms with E-state index in [1.54, 1.807) is 0 Å². The van der Waals surface area contributed by atoms with Crippen LogP contribution in [0.5, 0.6) is 0 Å². The third-order valence-corrected chi connectivity index (χ3v) is 3.51. The molecule has 2 heterocycles. The minimum atomic E-state index is 0.367. The van der Waals surface area contributed by atoms with Gasteiger partial charge in [0, 0.05) is 18.1 Å². The Bertz CT molecular complexity index is 305. The summed E-state index contributed by atoms with van der Waals surface area (Å²) in [5, 5.41) is 4.14. The van der Waals surface area contributed by atoms with Crippen molar-refractivity contribution in [3.63, 3.8) is 0 Å². The number of likely N-dealkylation sites (tertiary alicyclic amines) is 1. The van der Waals surface area contributed by atoms with Gasteiger partial charge in [0.1, 0.15) is 0 Å². The summed E-state index contributed by atoms with van der Waals surface area (Å²) < 4.78 is 3.93. The SMILES string of the molecule is CN1CCC(CNc2nc(N)ns2)CC1. The maximum absolute atomic E-state index is 5.45. The summed E-state index contributed by atoms with van der Waals surface area (Å²) in [6.45, 7) is 3.39. The first-order valence-corrected chi connectivity index (χ1v) is 6.03. The van der Waals surface area contributed by atoms with Gasteiger partial charge < -0.3 is 16.0 Å². The van der Waals surface area contributed by atoms with Crippen LogP contribution in [0.15, 0.2) is 0 Å². The third kappa shape index (κ3) is 3.04. The van der Waals surface area contributed by atoms with Gasteiger partial charge >= 0.3 is 0 Å². The molecule has 15 heavy (non-hydrogen) atoms. The maximum Gasteiger partial charge on any atom is 0.233 e. The fourth-order valence-electron chi connectivity index (χ4n) is 1.80. The lowest BCUT2D eigenvalue weighted by Gasteiger charge is -2.28. The smallest absolute Gasteiger partial charge is 0.233 e. The first-order valence-electron chi connectivity index (χ1n) is 5.25. The molecule has 0 saturated carbocycles. The second kappa shape index (κ2) is 4.76. The van der Waals surface area contributed by atoms with Gasteiger partial charge in [-0.3, -0.25) is 0 Å². The number of aromatic nitrogens is 2. The largest absolute Gasteiger partial charge is 0.367 e. The van der Waals surface area contributed by atoms with E-state index in [-0.39, 0.29) is 0 Å². The Balaban J connectivity index is 1.74. The fraction of sp³-hybridized carbons (Fsp3) is 0.778. The van der Waals surface area contributed by atoms with E-state index in [1.807, 2.05) is 0 Å². The highest BCUT2D eigenvalue weighted by atomic mass is 32.1. The van der Waals surface area contributed by atoms with Crippen LogP contribution in [-0.4, -0.2) is 40.9 Å². The van der Waals surface area contributed by atoms with Gasteiger partial charge in [-0.1, -0.05) is 0 Å². The van der Waals surface area contributed by atoms with E-state index in [0.717, 1.165) is 17.6 Å². The number of rotatable bonds is 3. The van der Waals surface area contributed by atoms with Crippen LogP contribution >= 0.6 is 11.5 Å². The van der Waals surface area contributed by atoms with Crippen LogP contribution in [-0.2, 0) is 0 Å². The maximum atomic E-state index is 5.45. The number of nitrogen functional groups attached to an aromatic ring is 1. The molecule has 0 atom stereocenters. The van der Waals surface area contributed by atoms with Gasteiger partial charge in [0.2, 0.25) is 11.1 Å². The Morgan fingerprint density at radius 1 is 1.53 bits per heavy atom. The monoisotopic (exact) mass is 227 g/mol. The summed E-state index contributed by atoms with van der Waals surface area (Å²) in [6.07, 6.45) is 2.52. The van der Waals surface area contributed by atoms with E-state index in [9.17, 15) is 0 Å². The van der Waals surface area contributed by atoms with Crippen molar-refractivity contribution in [2.45, 2.75) is 12.8 Å². The minimum absolute atomic E-state index is 0.367. The van der Waals surface area contributed by atoms with Crippen molar-refractivity contribution in [1.82, 2.24) is 14.3 Å². The topological polar surface area (TPSA) is 67.1 Å². The summed E-state index contributed by atoms with van der Waals surface area (Å²) in [7, 11) is 2.18. The molecule has 1 aliphatic rings. The molecule has 0 amide bonds. The van der Waals surface area contributed by atoms with E-state index in [0.29, 0.717) is 5.95 Å². The van der Waals surface area contributed by atoms with Crippen LogP contribution in [0.4, 0.5) is 11.1 Å². The van der Waals surface area contributed by atoms with E-state index in [4.69, 9.17) is 5.73 Å². The van der Waals surface area contributed by atoms with Crippen molar-refractivity contribution in [3.8, 4) is 0 Å². The van der Waals surface area contributed by atoms with Crippen LogP contribution in [0.2, 0.25) is 0 Å². The highest BCUT2D eigenvalue weighted by Crippen LogP contribution is 2.18. The second-order valence-electron chi connectivity index (χ2n) is 4.09. The summed E-state index contributed by atoms with van der Waals surface area (Å²) in [5.74, 6) is 1.12. The molecule has 1 aliphatic heterocycles. The third-order valence-electron chi connectivity index (χ3n) is 2.82. The molecule has 0 radical (unpaired) electrons. The van der Waals surface area contributed by atoms with Crippen molar-refractivity contribution in [2.75, 3.05) is 37.7 Å². The molecule has 0 aliphatic carbocycles. The second-order valence-corrected chi connectivity index (χ2v) is 4.84. The number of hydrogen-bond acceptors (Lipinski definition) is 6.